The highest BCUT2D eigenvalue weighted by molar-refractivity contribution is 5.82. The van der Waals surface area contributed by atoms with Crippen molar-refractivity contribution in [1.82, 2.24) is 4.98 Å². The Bertz CT molecular complexity index is 1290. The van der Waals surface area contributed by atoms with Crippen LogP contribution in [0.25, 0.3) is 10.9 Å². The number of aliphatic hydroxyl groups excluding tert-OH is 1. The minimum Gasteiger partial charge on any atom is -1.00 e. The van der Waals surface area contributed by atoms with E-state index in [1.807, 2.05) is 30.3 Å². The number of fused-ring (bicyclic) bond motifs is 4. The van der Waals surface area contributed by atoms with Crippen LogP contribution in [0.15, 0.2) is 67.4 Å². The first-order valence-electron chi connectivity index (χ1n) is 12.2. The maximum atomic E-state index is 13.6. The fourth-order valence-corrected chi connectivity index (χ4v) is 6.44. The molecule has 6 rings (SSSR count). The van der Waals surface area contributed by atoms with Crippen LogP contribution in [0.5, 0.6) is 0 Å². The Morgan fingerprint density at radius 1 is 1.03 bits per heavy atom. The summed E-state index contributed by atoms with van der Waals surface area (Å²) in [5.74, 6) is 0.316. The molecule has 38 heavy (non-hydrogen) atoms. The van der Waals surface area contributed by atoms with Crippen molar-refractivity contribution < 1.29 is 48.3 Å². The van der Waals surface area contributed by atoms with Crippen molar-refractivity contribution in [2.45, 2.75) is 43.9 Å². The first-order chi connectivity index (χ1) is 17.4. The number of pyridine rings is 1. The quantitative estimate of drug-likeness (QED) is 0.294. The van der Waals surface area contributed by atoms with E-state index < -0.39 is 35.6 Å². The van der Waals surface area contributed by atoms with Gasteiger partial charge in [-0.3, -0.25) is 4.98 Å². The topological polar surface area (TPSA) is 33.1 Å². The largest absolute Gasteiger partial charge is 1.00 e. The third-order valence-corrected chi connectivity index (χ3v) is 8.19. The minimum atomic E-state index is -4.91. The molecular formula is C28H27ClF6N2O. The van der Waals surface area contributed by atoms with E-state index >= 15 is 0 Å². The standard InChI is InChI=1S/C28H27F6N2O.ClH/c1-2-18-16-36(15-17-11-20(27(29,30)31)14-21(12-17)28(32,33)34)10-8-19(18)13-25(36)26(37)23-7-9-35-24-6-4-3-5-22(23)24;/h2-7,9,11-12,14,18-19,25-26,37H,1,8,10,13,15-16H2;1H/q+1;/p-1/t18-,19+,25+,26-,36-;/m1./s1. The molecule has 3 aliphatic rings. The van der Waals surface area contributed by atoms with E-state index in [4.69, 9.17) is 0 Å². The number of piperidine rings is 3. The molecule has 2 aromatic carbocycles. The zero-order valence-electron chi connectivity index (χ0n) is 20.3. The van der Waals surface area contributed by atoms with Crippen LogP contribution in [-0.2, 0) is 18.9 Å². The van der Waals surface area contributed by atoms with Gasteiger partial charge < -0.3 is 22.0 Å². The molecular weight excluding hydrogens is 530 g/mol. The molecule has 1 N–H and O–H groups in total. The van der Waals surface area contributed by atoms with Gasteiger partial charge in [0.1, 0.15) is 18.7 Å². The van der Waals surface area contributed by atoms with Crippen LogP contribution in [0.4, 0.5) is 26.3 Å². The summed E-state index contributed by atoms with van der Waals surface area (Å²) in [6, 6.07) is 10.5. The summed E-state index contributed by atoms with van der Waals surface area (Å²) in [4.78, 5) is 4.35. The summed E-state index contributed by atoms with van der Waals surface area (Å²) in [5, 5.41) is 12.5. The Kier molecular flexibility index (Phi) is 7.60. The monoisotopic (exact) mass is 556 g/mol. The van der Waals surface area contributed by atoms with Gasteiger partial charge in [-0.1, -0.05) is 24.3 Å². The molecule has 0 amide bonds. The fraction of sp³-hybridized carbons (Fsp3) is 0.393. The number of nitrogens with zero attached hydrogens (tertiary/aromatic N) is 2. The first kappa shape index (κ1) is 28.4. The lowest BCUT2D eigenvalue weighted by atomic mass is 9.71. The summed E-state index contributed by atoms with van der Waals surface area (Å²) in [5.41, 5.74) is -1.31. The predicted molar refractivity (Wildman–Crippen MR) is 127 cm³/mol. The van der Waals surface area contributed by atoms with Crippen molar-refractivity contribution in [3.05, 3.63) is 89.6 Å². The summed E-state index contributed by atoms with van der Waals surface area (Å²) in [6.45, 7) is 4.93. The number of hydrogen-bond donors (Lipinski definition) is 1. The maximum Gasteiger partial charge on any atom is 0.416 e. The van der Waals surface area contributed by atoms with Gasteiger partial charge in [-0.25, -0.2) is 0 Å². The number of hydrogen-bond acceptors (Lipinski definition) is 2. The molecule has 0 radical (unpaired) electrons. The minimum absolute atomic E-state index is 0. The second-order valence-electron chi connectivity index (χ2n) is 10.3. The zero-order valence-corrected chi connectivity index (χ0v) is 21.1. The van der Waals surface area contributed by atoms with E-state index in [0.29, 0.717) is 30.6 Å². The van der Waals surface area contributed by atoms with Crippen molar-refractivity contribution in [2.75, 3.05) is 13.1 Å². The number of alkyl halides is 6. The summed E-state index contributed by atoms with van der Waals surface area (Å²) >= 11 is 0. The molecule has 204 valence electrons. The predicted octanol–water partition coefficient (Wildman–Crippen LogP) is 3.92. The van der Waals surface area contributed by atoms with E-state index in [1.165, 1.54) is 0 Å². The number of quaternary nitrogens is 1. The Morgan fingerprint density at radius 3 is 2.32 bits per heavy atom. The highest BCUT2D eigenvalue weighted by Crippen LogP contribution is 2.48. The molecule has 3 aliphatic heterocycles. The number of aliphatic hydroxyl groups is 1. The van der Waals surface area contributed by atoms with Crippen LogP contribution in [0.3, 0.4) is 0 Å². The number of halogens is 7. The second-order valence-corrected chi connectivity index (χ2v) is 10.3. The van der Waals surface area contributed by atoms with Crippen LogP contribution in [0.1, 0.15) is 41.2 Å². The summed E-state index contributed by atoms with van der Waals surface area (Å²) < 4.78 is 81.6. The molecule has 0 aliphatic carbocycles. The molecule has 1 aromatic heterocycles. The first-order valence-corrected chi connectivity index (χ1v) is 12.2. The zero-order chi connectivity index (χ0) is 26.6. The van der Waals surface area contributed by atoms with Crippen LogP contribution in [-0.4, -0.2) is 33.7 Å². The second kappa shape index (κ2) is 10.2. The van der Waals surface area contributed by atoms with Gasteiger partial charge in [0.15, 0.2) is 0 Å². The molecule has 0 spiro atoms. The van der Waals surface area contributed by atoms with Crippen molar-refractivity contribution >= 4 is 10.9 Å². The Morgan fingerprint density at radius 2 is 1.68 bits per heavy atom. The van der Waals surface area contributed by atoms with E-state index in [9.17, 15) is 31.4 Å². The third-order valence-electron chi connectivity index (χ3n) is 8.19. The van der Waals surface area contributed by atoms with Crippen molar-refractivity contribution in [3.8, 4) is 0 Å². The average Bonchev–Trinajstić information content (AvgIpc) is 2.86. The molecule has 4 heterocycles. The molecule has 2 bridgehead atoms. The molecule has 5 atom stereocenters. The Hall–Kier alpha value is -2.62. The van der Waals surface area contributed by atoms with Gasteiger partial charge in [0.2, 0.25) is 0 Å². The van der Waals surface area contributed by atoms with Crippen molar-refractivity contribution in [3.63, 3.8) is 0 Å². The molecule has 0 saturated carbocycles. The molecule has 10 heteroatoms. The lowest BCUT2D eigenvalue weighted by Gasteiger charge is -2.58. The molecule has 3 nitrogen and oxygen atoms in total. The highest BCUT2D eigenvalue weighted by Gasteiger charge is 2.54. The number of para-hydroxylation sites is 1. The number of rotatable bonds is 5. The molecule has 3 aromatic rings. The van der Waals surface area contributed by atoms with Crippen LogP contribution >= 0.6 is 0 Å². The maximum absolute atomic E-state index is 13.6. The van der Waals surface area contributed by atoms with Gasteiger partial charge in [-0.2, -0.15) is 26.3 Å². The van der Waals surface area contributed by atoms with Gasteiger partial charge >= 0.3 is 12.4 Å². The number of aromatic nitrogens is 1. The van der Waals surface area contributed by atoms with Crippen LogP contribution in [0.2, 0.25) is 0 Å². The summed E-state index contributed by atoms with van der Waals surface area (Å²) in [6.07, 6.45) is -5.99. The van der Waals surface area contributed by atoms with Gasteiger partial charge in [0.25, 0.3) is 0 Å². The van der Waals surface area contributed by atoms with Gasteiger partial charge in [0.05, 0.1) is 29.7 Å². The SMILES string of the molecule is C=C[C@@H]1C[N@+]2(Cc3cc(C(F)(F)F)cc(C(F)(F)F)c3)CC[C@H]1C[C@H]2[C@H](O)c1ccnc2ccccc12.[Cl-]. The smallest absolute Gasteiger partial charge is 0.416 e. The van der Waals surface area contributed by atoms with E-state index in [-0.39, 0.29) is 46.9 Å². The number of benzene rings is 2. The van der Waals surface area contributed by atoms with E-state index in [1.54, 1.807) is 12.3 Å². The summed E-state index contributed by atoms with van der Waals surface area (Å²) in [7, 11) is 0. The third kappa shape index (κ3) is 5.16. The lowest BCUT2D eigenvalue weighted by molar-refractivity contribution is -0.984. The van der Waals surface area contributed by atoms with E-state index in [0.717, 1.165) is 23.9 Å². The average molecular weight is 557 g/mol. The Balaban J connectivity index is 0.00000336. The van der Waals surface area contributed by atoms with Crippen molar-refractivity contribution in [2.24, 2.45) is 11.8 Å². The molecule has 0 unspecified atom stereocenters. The van der Waals surface area contributed by atoms with Crippen LogP contribution < -0.4 is 12.4 Å². The van der Waals surface area contributed by atoms with Gasteiger partial charge in [-0.15, -0.1) is 6.58 Å². The van der Waals surface area contributed by atoms with Crippen molar-refractivity contribution in [1.29, 1.82) is 0 Å². The van der Waals surface area contributed by atoms with Gasteiger partial charge in [-0.05, 0) is 41.8 Å². The normalized spacial score (nSPS) is 26.1. The van der Waals surface area contributed by atoms with Crippen LogP contribution in [0, 0.1) is 11.8 Å². The highest BCUT2D eigenvalue weighted by atomic mass is 35.5. The fourth-order valence-electron chi connectivity index (χ4n) is 6.44. The molecule has 3 fully saturated rings. The Labute approximate surface area is 222 Å². The van der Waals surface area contributed by atoms with Gasteiger partial charge in [0, 0.05) is 35.9 Å². The molecule has 3 saturated heterocycles. The lowest BCUT2D eigenvalue weighted by Crippen LogP contribution is -3.00. The van der Waals surface area contributed by atoms with E-state index in [2.05, 4.69) is 11.6 Å².